The first-order valence-corrected chi connectivity index (χ1v) is 8.92. The fraction of sp³-hybridized carbons (Fsp3) is 0.100. The van der Waals surface area contributed by atoms with Crippen LogP contribution >= 0.6 is 11.3 Å². The third kappa shape index (κ3) is 2.53. The van der Waals surface area contributed by atoms with Gasteiger partial charge in [-0.25, -0.2) is 4.52 Å². The van der Waals surface area contributed by atoms with E-state index in [4.69, 9.17) is 0 Å². The van der Waals surface area contributed by atoms with Gasteiger partial charge in [-0.1, -0.05) is 24.3 Å². The summed E-state index contributed by atoms with van der Waals surface area (Å²) < 4.78 is 3.95. The molecule has 0 unspecified atom stereocenters. The van der Waals surface area contributed by atoms with Gasteiger partial charge in [0.1, 0.15) is 5.65 Å². The molecule has 0 aliphatic carbocycles. The van der Waals surface area contributed by atoms with Crippen molar-refractivity contribution in [2.75, 3.05) is 0 Å². The maximum Gasteiger partial charge on any atom is 0.191 e. The lowest BCUT2D eigenvalue weighted by Crippen LogP contribution is -2.02. The first-order chi connectivity index (χ1) is 12.2. The summed E-state index contributed by atoms with van der Waals surface area (Å²) >= 11 is 1.61. The number of para-hydroxylation sites is 2. The molecule has 4 nitrogen and oxygen atoms in total. The highest BCUT2D eigenvalue weighted by atomic mass is 32.1. The Kier molecular flexibility index (Phi) is 3.86. The zero-order valence-corrected chi connectivity index (χ0v) is 14.7. The smallest absolute Gasteiger partial charge is 0.191 e. The average molecular weight is 347 g/mol. The van der Waals surface area contributed by atoms with E-state index in [0.29, 0.717) is 12.1 Å². The van der Waals surface area contributed by atoms with Crippen molar-refractivity contribution in [3.63, 3.8) is 0 Å². The van der Waals surface area contributed by atoms with Gasteiger partial charge in [0.2, 0.25) is 0 Å². The van der Waals surface area contributed by atoms with Crippen LogP contribution in [0.5, 0.6) is 0 Å². The molecule has 0 fully saturated rings. The Hall–Kier alpha value is -2.92. The molecule has 0 saturated carbocycles. The first kappa shape index (κ1) is 15.6. The van der Waals surface area contributed by atoms with Gasteiger partial charge in [-0.2, -0.15) is 5.10 Å². The number of ketones is 1. The quantitative estimate of drug-likeness (QED) is 0.297. The monoisotopic (exact) mass is 347 g/mol. The molecule has 124 valence electrons. The van der Waals surface area contributed by atoms with Crippen LogP contribution in [-0.4, -0.2) is 20.0 Å². The average Bonchev–Trinajstić information content (AvgIpc) is 3.30. The summed E-state index contributed by atoms with van der Waals surface area (Å²) in [5.74, 6) is -0.0333. The fourth-order valence-electron chi connectivity index (χ4n) is 3.15. The van der Waals surface area contributed by atoms with Gasteiger partial charge in [0.25, 0.3) is 0 Å². The Bertz CT molecular complexity index is 1110. The predicted octanol–water partition coefficient (Wildman–Crippen LogP) is 4.74. The van der Waals surface area contributed by atoms with Gasteiger partial charge in [0.15, 0.2) is 5.78 Å². The summed E-state index contributed by atoms with van der Waals surface area (Å²) in [6.07, 6.45) is 5.33. The lowest BCUT2D eigenvalue weighted by molar-refractivity contribution is 0.104. The van der Waals surface area contributed by atoms with Crippen LogP contribution in [0, 0.1) is 6.92 Å². The largest absolute Gasteiger partial charge is 0.320 e. The molecule has 3 heterocycles. The normalized spacial score (nSPS) is 11.7. The maximum atomic E-state index is 12.9. The second-order valence-corrected chi connectivity index (χ2v) is 6.78. The minimum absolute atomic E-state index is 0.0333. The second-order valence-electron chi connectivity index (χ2n) is 5.80. The van der Waals surface area contributed by atoms with E-state index < -0.39 is 0 Å². The number of hydrogen-bond donors (Lipinski definition) is 0. The highest BCUT2D eigenvalue weighted by Gasteiger charge is 2.21. The molecule has 4 rings (SSSR count). The van der Waals surface area contributed by atoms with Gasteiger partial charge in [0, 0.05) is 11.4 Å². The molecule has 0 saturated heterocycles. The number of thiophene rings is 1. The number of hydrogen-bond acceptors (Lipinski definition) is 3. The SMILES string of the molecule is C=CCn1c2ccccc2n2nc(C)c(C(=O)/C=C/c3cccs3)c12. The van der Waals surface area contributed by atoms with E-state index in [2.05, 4.69) is 16.2 Å². The standard InChI is InChI=1S/C20H17N3OS/c1-3-12-22-16-8-4-5-9-17(16)23-20(22)19(14(2)21-23)18(24)11-10-15-7-6-13-25-15/h3-11,13H,1,12H2,2H3/b11-10+. The number of aromatic nitrogens is 3. The second kappa shape index (κ2) is 6.18. The summed E-state index contributed by atoms with van der Waals surface area (Å²) in [6.45, 7) is 6.36. The molecule has 5 heteroatoms. The molecule has 0 amide bonds. The van der Waals surface area contributed by atoms with E-state index in [1.54, 1.807) is 17.4 Å². The Labute approximate surface area is 149 Å². The molecule has 25 heavy (non-hydrogen) atoms. The van der Waals surface area contributed by atoms with Crippen molar-refractivity contribution in [2.45, 2.75) is 13.5 Å². The number of fused-ring (bicyclic) bond motifs is 3. The number of imidazole rings is 1. The number of benzene rings is 1. The van der Waals surface area contributed by atoms with Crippen LogP contribution in [-0.2, 0) is 6.54 Å². The molecule has 0 radical (unpaired) electrons. The Morgan fingerprint density at radius 3 is 2.76 bits per heavy atom. The van der Waals surface area contributed by atoms with Crippen LogP contribution in [0.25, 0.3) is 22.8 Å². The zero-order valence-electron chi connectivity index (χ0n) is 13.8. The number of allylic oxidation sites excluding steroid dienone is 2. The van der Waals surface area contributed by atoms with E-state index >= 15 is 0 Å². The fourth-order valence-corrected chi connectivity index (χ4v) is 3.77. The number of rotatable bonds is 5. The number of aryl methyl sites for hydroxylation is 1. The van der Waals surface area contributed by atoms with Crippen LogP contribution in [0.15, 0.2) is 60.5 Å². The van der Waals surface area contributed by atoms with E-state index in [0.717, 1.165) is 27.3 Å². The van der Waals surface area contributed by atoms with Crippen LogP contribution in [0.2, 0.25) is 0 Å². The molecule has 0 bridgehead atoms. The molecule has 0 aliphatic rings. The van der Waals surface area contributed by atoms with Gasteiger partial charge in [0.05, 0.1) is 22.3 Å². The molecular formula is C20H17N3OS. The van der Waals surface area contributed by atoms with Crippen molar-refractivity contribution in [3.05, 3.63) is 76.6 Å². The van der Waals surface area contributed by atoms with Crippen molar-refractivity contribution >= 4 is 39.9 Å². The minimum atomic E-state index is -0.0333. The van der Waals surface area contributed by atoms with Gasteiger partial charge in [-0.3, -0.25) is 4.79 Å². The molecule has 0 atom stereocenters. The first-order valence-electron chi connectivity index (χ1n) is 8.04. The summed E-state index contributed by atoms with van der Waals surface area (Å²) in [5.41, 5.74) is 4.23. The number of nitrogens with zero attached hydrogens (tertiary/aromatic N) is 3. The van der Waals surface area contributed by atoms with E-state index in [1.165, 1.54) is 0 Å². The molecule has 0 aliphatic heterocycles. The molecule has 3 aromatic heterocycles. The number of carbonyl (C=O) groups excluding carboxylic acids is 1. The number of carbonyl (C=O) groups is 1. The van der Waals surface area contributed by atoms with Crippen molar-refractivity contribution in [2.24, 2.45) is 0 Å². The molecule has 0 spiro atoms. The van der Waals surface area contributed by atoms with Crippen LogP contribution in [0.1, 0.15) is 20.9 Å². The van der Waals surface area contributed by atoms with E-state index in [9.17, 15) is 4.79 Å². The van der Waals surface area contributed by atoms with E-state index in [-0.39, 0.29) is 5.78 Å². The topological polar surface area (TPSA) is 39.3 Å². The van der Waals surface area contributed by atoms with Crippen LogP contribution < -0.4 is 0 Å². The lowest BCUT2D eigenvalue weighted by Gasteiger charge is -2.03. The summed E-state index contributed by atoms with van der Waals surface area (Å²) in [4.78, 5) is 14.0. The Morgan fingerprint density at radius 1 is 1.24 bits per heavy atom. The van der Waals surface area contributed by atoms with E-state index in [1.807, 2.05) is 65.4 Å². The Balaban J connectivity index is 1.92. The molecule has 1 aromatic carbocycles. The third-order valence-electron chi connectivity index (χ3n) is 4.19. The molecule has 4 aromatic rings. The van der Waals surface area contributed by atoms with Crippen molar-refractivity contribution in [3.8, 4) is 0 Å². The van der Waals surface area contributed by atoms with Gasteiger partial charge in [-0.15, -0.1) is 17.9 Å². The predicted molar refractivity (Wildman–Crippen MR) is 103 cm³/mol. The Morgan fingerprint density at radius 2 is 2.04 bits per heavy atom. The maximum absolute atomic E-state index is 12.9. The van der Waals surface area contributed by atoms with Gasteiger partial charge >= 0.3 is 0 Å². The summed E-state index contributed by atoms with van der Waals surface area (Å²) in [6, 6.07) is 12.0. The third-order valence-corrected chi connectivity index (χ3v) is 5.03. The van der Waals surface area contributed by atoms with Gasteiger partial charge < -0.3 is 4.57 Å². The highest BCUT2D eigenvalue weighted by Crippen LogP contribution is 2.26. The summed E-state index contributed by atoms with van der Waals surface area (Å²) in [7, 11) is 0. The van der Waals surface area contributed by atoms with Crippen LogP contribution in [0.4, 0.5) is 0 Å². The van der Waals surface area contributed by atoms with Crippen LogP contribution in [0.3, 0.4) is 0 Å². The zero-order chi connectivity index (χ0) is 17.4. The lowest BCUT2D eigenvalue weighted by atomic mass is 10.1. The van der Waals surface area contributed by atoms with Gasteiger partial charge in [-0.05, 0) is 42.7 Å². The van der Waals surface area contributed by atoms with Crippen molar-refractivity contribution in [1.82, 2.24) is 14.2 Å². The highest BCUT2D eigenvalue weighted by molar-refractivity contribution is 7.10. The molecule has 0 N–H and O–H groups in total. The van der Waals surface area contributed by atoms with Crippen molar-refractivity contribution in [1.29, 1.82) is 0 Å². The molecular weight excluding hydrogens is 330 g/mol. The summed E-state index contributed by atoms with van der Waals surface area (Å²) in [5, 5.41) is 6.62. The van der Waals surface area contributed by atoms with Crippen molar-refractivity contribution < 1.29 is 4.79 Å². The minimum Gasteiger partial charge on any atom is -0.320 e.